The molecule has 6 nitrogen and oxygen atoms in total. The number of aryl methyl sites for hydroxylation is 1. The highest BCUT2D eigenvalue weighted by molar-refractivity contribution is 6.30. The lowest BCUT2D eigenvalue weighted by Crippen LogP contribution is -2.31. The summed E-state index contributed by atoms with van der Waals surface area (Å²) < 4.78 is 10.9. The molecule has 2 aliphatic heterocycles. The van der Waals surface area contributed by atoms with Crippen molar-refractivity contribution in [2.24, 2.45) is 0 Å². The fourth-order valence-corrected chi connectivity index (χ4v) is 4.04. The second-order valence-corrected chi connectivity index (χ2v) is 7.66. The molecule has 0 saturated carbocycles. The summed E-state index contributed by atoms with van der Waals surface area (Å²) in [7, 11) is 0. The van der Waals surface area contributed by atoms with Gasteiger partial charge >= 0.3 is 0 Å². The largest absolute Gasteiger partial charge is 0.454 e. The van der Waals surface area contributed by atoms with E-state index in [1.165, 1.54) is 11.3 Å². The molecule has 1 aromatic carbocycles. The summed E-state index contributed by atoms with van der Waals surface area (Å²) in [6.07, 6.45) is 4.93. The fraction of sp³-hybridized carbons (Fsp3) is 0.381. The van der Waals surface area contributed by atoms with Gasteiger partial charge in [-0.05, 0) is 18.6 Å². The number of hydrogen-bond acceptors (Lipinski definition) is 6. The standard InChI is InChI=1S/C21H21ClN4O2/c1-2-3-20-23-9-15-11-26(5-4-16(15)24-20)10-14-6-13-7-18-19(28-12-27-18)8-17(13)25-21(14)22/h6-9H,2-5,10-12H2,1H3. The van der Waals surface area contributed by atoms with Crippen LogP contribution in [0.2, 0.25) is 5.15 Å². The van der Waals surface area contributed by atoms with Crippen molar-refractivity contribution in [1.82, 2.24) is 19.9 Å². The highest BCUT2D eigenvalue weighted by atomic mass is 35.5. The minimum Gasteiger partial charge on any atom is -0.454 e. The van der Waals surface area contributed by atoms with Crippen molar-refractivity contribution in [3.8, 4) is 11.5 Å². The molecule has 5 rings (SSSR count). The van der Waals surface area contributed by atoms with Crippen molar-refractivity contribution in [2.75, 3.05) is 13.3 Å². The third-order valence-electron chi connectivity index (χ3n) is 5.27. The maximum Gasteiger partial charge on any atom is 0.231 e. The van der Waals surface area contributed by atoms with Gasteiger partial charge in [0.1, 0.15) is 11.0 Å². The number of benzene rings is 1. The van der Waals surface area contributed by atoms with E-state index in [0.29, 0.717) is 5.15 Å². The molecule has 28 heavy (non-hydrogen) atoms. The number of ether oxygens (including phenoxy) is 2. The molecule has 0 bridgehead atoms. The van der Waals surface area contributed by atoms with Gasteiger partial charge in [-0.2, -0.15) is 0 Å². The number of hydrogen-bond donors (Lipinski definition) is 0. The Labute approximate surface area is 168 Å². The summed E-state index contributed by atoms with van der Waals surface area (Å²) in [4.78, 5) is 16.2. The molecule has 0 radical (unpaired) electrons. The maximum absolute atomic E-state index is 6.49. The Kier molecular flexibility index (Phi) is 4.53. The predicted molar refractivity (Wildman–Crippen MR) is 107 cm³/mol. The lowest BCUT2D eigenvalue weighted by atomic mass is 10.1. The van der Waals surface area contributed by atoms with Gasteiger partial charge in [0.15, 0.2) is 11.5 Å². The molecule has 0 unspecified atom stereocenters. The minimum atomic E-state index is 0.251. The maximum atomic E-state index is 6.49. The zero-order valence-electron chi connectivity index (χ0n) is 15.7. The van der Waals surface area contributed by atoms with E-state index >= 15 is 0 Å². The highest BCUT2D eigenvalue weighted by Gasteiger charge is 2.21. The van der Waals surface area contributed by atoms with Gasteiger partial charge in [0.2, 0.25) is 6.79 Å². The third-order valence-corrected chi connectivity index (χ3v) is 5.59. The number of aromatic nitrogens is 3. The average molecular weight is 397 g/mol. The Balaban J connectivity index is 1.38. The number of halogens is 1. The van der Waals surface area contributed by atoms with E-state index in [2.05, 4.69) is 27.9 Å². The van der Waals surface area contributed by atoms with E-state index in [0.717, 1.165) is 72.7 Å². The number of fused-ring (bicyclic) bond motifs is 3. The lowest BCUT2D eigenvalue weighted by Gasteiger charge is -2.28. The van der Waals surface area contributed by atoms with Crippen LogP contribution >= 0.6 is 11.6 Å². The van der Waals surface area contributed by atoms with Crippen LogP contribution in [0.5, 0.6) is 11.5 Å². The molecule has 2 aromatic heterocycles. The van der Waals surface area contributed by atoms with Crippen LogP contribution in [0.25, 0.3) is 10.9 Å². The van der Waals surface area contributed by atoms with Gasteiger partial charge in [-0.25, -0.2) is 15.0 Å². The van der Waals surface area contributed by atoms with Crippen LogP contribution in [0.3, 0.4) is 0 Å². The molecule has 0 aliphatic carbocycles. The second kappa shape index (κ2) is 7.18. The van der Waals surface area contributed by atoms with Gasteiger partial charge in [0.05, 0.1) is 5.52 Å². The van der Waals surface area contributed by atoms with Crippen LogP contribution in [0.1, 0.15) is 36.0 Å². The van der Waals surface area contributed by atoms with Crippen LogP contribution in [0, 0.1) is 0 Å². The van der Waals surface area contributed by atoms with E-state index in [1.54, 1.807) is 0 Å². The topological polar surface area (TPSA) is 60.4 Å². The van der Waals surface area contributed by atoms with Crippen molar-refractivity contribution in [3.63, 3.8) is 0 Å². The van der Waals surface area contributed by atoms with Crippen molar-refractivity contribution in [2.45, 2.75) is 39.3 Å². The quantitative estimate of drug-likeness (QED) is 0.623. The minimum absolute atomic E-state index is 0.251. The van der Waals surface area contributed by atoms with Gasteiger partial charge in [0, 0.05) is 66.9 Å². The predicted octanol–water partition coefficient (Wildman–Crippen LogP) is 3.92. The molecule has 0 N–H and O–H groups in total. The summed E-state index contributed by atoms with van der Waals surface area (Å²) in [5.74, 6) is 2.43. The molecule has 7 heteroatoms. The Hall–Kier alpha value is -2.44. The van der Waals surface area contributed by atoms with Gasteiger partial charge in [-0.1, -0.05) is 18.5 Å². The molecule has 0 fully saturated rings. The molecule has 144 valence electrons. The third kappa shape index (κ3) is 3.27. The molecule has 0 spiro atoms. The fourth-order valence-electron chi connectivity index (χ4n) is 3.83. The van der Waals surface area contributed by atoms with Crippen molar-refractivity contribution in [1.29, 1.82) is 0 Å². The summed E-state index contributed by atoms with van der Waals surface area (Å²) in [6.45, 7) is 4.93. The second-order valence-electron chi connectivity index (χ2n) is 7.31. The van der Waals surface area contributed by atoms with Gasteiger partial charge in [-0.3, -0.25) is 4.90 Å². The van der Waals surface area contributed by atoms with Gasteiger partial charge < -0.3 is 9.47 Å². The molecular weight excluding hydrogens is 376 g/mol. The Morgan fingerprint density at radius 1 is 1.14 bits per heavy atom. The van der Waals surface area contributed by atoms with E-state index in [9.17, 15) is 0 Å². The zero-order valence-corrected chi connectivity index (χ0v) is 16.5. The van der Waals surface area contributed by atoms with Crippen LogP contribution in [-0.2, 0) is 25.9 Å². The summed E-state index contributed by atoms with van der Waals surface area (Å²) in [6, 6.07) is 5.96. The van der Waals surface area contributed by atoms with Crippen molar-refractivity contribution in [3.05, 3.63) is 52.2 Å². The highest BCUT2D eigenvalue weighted by Crippen LogP contribution is 2.36. The molecule has 0 saturated heterocycles. The van der Waals surface area contributed by atoms with Crippen LogP contribution in [0.15, 0.2) is 24.4 Å². The molecule has 3 aromatic rings. The molecule has 0 amide bonds. The van der Waals surface area contributed by atoms with Crippen molar-refractivity contribution >= 4 is 22.5 Å². The number of rotatable bonds is 4. The molecule has 2 aliphatic rings. The Morgan fingerprint density at radius 2 is 2.00 bits per heavy atom. The average Bonchev–Trinajstić information content (AvgIpc) is 3.14. The van der Waals surface area contributed by atoms with Gasteiger partial charge in [-0.15, -0.1) is 0 Å². The first-order valence-electron chi connectivity index (χ1n) is 9.64. The normalized spacial score (nSPS) is 15.8. The number of nitrogens with zero attached hydrogens (tertiary/aromatic N) is 4. The zero-order chi connectivity index (χ0) is 19.1. The Bertz CT molecular complexity index is 1060. The summed E-state index contributed by atoms with van der Waals surface area (Å²) in [5.41, 5.74) is 4.23. The summed E-state index contributed by atoms with van der Waals surface area (Å²) >= 11 is 6.49. The first-order valence-corrected chi connectivity index (χ1v) is 10.0. The van der Waals surface area contributed by atoms with E-state index < -0.39 is 0 Å². The van der Waals surface area contributed by atoms with Crippen LogP contribution < -0.4 is 9.47 Å². The molecule has 4 heterocycles. The number of pyridine rings is 1. The van der Waals surface area contributed by atoms with E-state index in [4.69, 9.17) is 26.1 Å². The van der Waals surface area contributed by atoms with Crippen LogP contribution in [0.4, 0.5) is 0 Å². The SMILES string of the molecule is CCCc1ncc2c(n1)CCN(Cc1cc3cc4c(cc3nc1Cl)OCO4)C2. The monoisotopic (exact) mass is 396 g/mol. The van der Waals surface area contributed by atoms with E-state index in [-0.39, 0.29) is 6.79 Å². The van der Waals surface area contributed by atoms with Crippen molar-refractivity contribution < 1.29 is 9.47 Å². The van der Waals surface area contributed by atoms with E-state index in [1.807, 2.05) is 18.3 Å². The first kappa shape index (κ1) is 17.6. The molecule has 0 atom stereocenters. The summed E-state index contributed by atoms with van der Waals surface area (Å²) in [5, 5.41) is 1.54. The first-order chi connectivity index (χ1) is 13.7. The van der Waals surface area contributed by atoms with Crippen LogP contribution in [-0.4, -0.2) is 33.2 Å². The lowest BCUT2D eigenvalue weighted by molar-refractivity contribution is 0.174. The molecular formula is C21H21ClN4O2. The Morgan fingerprint density at radius 3 is 2.86 bits per heavy atom. The van der Waals surface area contributed by atoms with Gasteiger partial charge in [0.25, 0.3) is 0 Å². The smallest absolute Gasteiger partial charge is 0.231 e.